The van der Waals surface area contributed by atoms with Crippen LogP contribution in [0.5, 0.6) is 0 Å². The summed E-state index contributed by atoms with van der Waals surface area (Å²) in [4.78, 5) is 77.3. The summed E-state index contributed by atoms with van der Waals surface area (Å²) in [6, 6.07) is 26.6. The number of allylic oxidation sites excluding steroid dienone is 2. The predicted molar refractivity (Wildman–Crippen MR) is 340 cm³/mol. The minimum absolute atomic E-state index is 0.0130. The molecule has 4 aliphatic carbocycles. The fourth-order valence-corrected chi connectivity index (χ4v) is 16.4. The largest absolute Gasteiger partial charge is 0.382 e. The molecule has 4 aromatic rings. The molecule has 3 saturated heterocycles. The number of amides is 5. The Labute approximate surface area is 517 Å². The van der Waals surface area contributed by atoms with E-state index in [4.69, 9.17) is 9.47 Å². The number of anilines is 3. The van der Waals surface area contributed by atoms with Crippen LogP contribution in [0.2, 0.25) is 0 Å². The van der Waals surface area contributed by atoms with Crippen molar-refractivity contribution in [1.29, 1.82) is 0 Å². The Morgan fingerprint density at radius 2 is 1.53 bits per heavy atom. The summed E-state index contributed by atoms with van der Waals surface area (Å²) in [7, 11) is -4.18. The van der Waals surface area contributed by atoms with E-state index in [0.29, 0.717) is 73.2 Å². The number of benzene rings is 4. The van der Waals surface area contributed by atoms with Gasteiger partial charge in [0, 0.05) is 117 Å². The molecule has 0 radical (unpaired) electrons. The van der Waals surface area contributed by atoms with Gasteiger partial charge < -0.3 is 35.2 Å². The summed E-state index contributed by atoms with van der Waals surface area (Å²) in [6.45, 7) is 22.3. The third-order valence-corrected chi connectivity index (χ3v) is 21.5. The number of hydrogen-bond donors (Lipinski definition) is 4. The maximum Gasteiger partial charge on any atom is 0.264 e. The maximum atomic E-state index is 13.7. The van der Waals surface area contributed by atoms with E-state index in [1.165, 1.54) is 38.5 Å². The first kappa shape index (κ1) is 62.1. The molecule has 4 heterocycles. The lowest BCUT2D eigenvalue weighted by Gasteiger charge is -2.72. The molecule has 1 unspecified atom stereocenters. The molecule has 0 aromatic heterocycles. The van der Waals surface area contributed by atoms with Gasteiger partial charge in [0.15, 0.2) is 0 Å². The number of piperazine rings is 2. The van der Waals surface area contributed by atoms with Crippen LogP contribution in [0.15, 0.2) is 124 Å². The third kappa shape index (κ3) is 14.3. The van der Waals surface area contributed by atoms with Gasteiger partial charge in [0.05, 0.1) is 35.8 Å². The number of carbonyl (C=O) groups is 5. The molecule has 2 atom stereocenters. The lowest BCUT2D eigenvalue weighted by atomic mass is 9.33. The summed E-state index contributed by atoms with van der Waals surface area (Å²) in [6.07, 6.45) is 9.49. The summed E-state index contributed by atoms with van der Waals surface area (Å²) in [5, 5.41) is 9.55. The molecule has 2 bridgehead atoms. The quantitative estimate of drug-likeness (QED) is 0.0213. The van der Waals surface area contributed by atoms with Crippen molar-refractivity contribution in [1.82, 2.24) is 29.6 Å². The first-order valence-corrected chi connectivity index (χ1v) is 33.5. The van der Waals surface area contributed by atoms with Crippen molar-refractivity contribution in [2.45, 2.75) is 107 Å². The van der Waals surface area contributed by atoms with Gasteiger partial charge in [-0.1, -0.05) is 62.8 Å². The highest BCUT2D eigenvalue weighted by molar-refractivity contribution is 7.99. The zero-order valence-corrected chi connectivity index (χ0v) is 52.6. The van der Waals surface area contributed by atoms with Crippen molar-refractivity contribution in [2.75, 3.05) is 120 Å². The summed E-state index contributed by atoms with van der Waals surface area (Å²) >= 11 is 1.75. The monoisotopic (exact) mass is 1220 g/mol. The second-order valence-corrected chi connectivity index (χ2v) is 29.0. The highest BCUT2D eigenvalue weighted by atomic mass is 32.2. The molecule has 4 aromatic carbocycles. The van der Waals surface area contributed by atoms with Crippen molar-refractivity contribution < 1.29 is 41.9 Å². The predicted octanol–water partition coefficient (Wildman–Crippen LogP) is 8.57. The molecule has 18 nitrogen and oxygen atoms in total. The van der Waals surface area contributed by atoms with Crippen LogP contribution in [-0.4, -0.2) is 174 Å². The number of sulfonamides is 1. The molecular formula is C67H85N9O9S2. The van der Waals surface area contributed by atoms with Gasteiger partial charge in [-0.3, -0.25) is 38.7 Å². The molecule has 6 fully saturated rings. The van der Waals surface area contributed by atoms with E-state index in [1.54, 1.807) is 71.4 Å². The van der Waals surface area contributed by atoms with E-state index in [1.807, 2.05) is 42.2 Å². The van der Waals surface area contributed by atoms with E-state index in [2.05, 4.69) is 74.9 Å². The Balaban J connectivity index is 0.596. The van der Waals surface area contributed by atoms with E-state index in [-0.39, 0.29) is 60.0 Å². The average Bonchev–Trinajstić information content (AvgIpc) is 1.20. The van der Waals surface area contributed by atoms with Gasteiger partial charge in [0.25, 0.3) is 27.7 Å². The Bertz CT molecular complexity index is 3370. The maximum absolute atomic E-state index is 13.7. The highest BCUT2D eigenvalue weighted by Crippen LogP contribution is 2.77. The SMILES string of the molecule is C=C1CCC(N2C(=O)c3cccc(NCCOCCOCC(=O)N4CCN(CC[C@H](CSc5ccccc5)Nc5ccc(S(=O)(=O)NC(=O)c6ccc(N7CCN(CC8=C(C9%10CC(C)(C9)C%10)CC(C)(C)CC8)CC7)cc6)cc5C)CC4)c3C2=O)C(=O)N1. The van der Waals surface area contributed by atoms with Gasteiger partial charge in [-0.05, 0) is 153 Å². The molecule has 87 heavy (non-hydrogen) atoms. The highest BCUT2D eigenvalue weighted by Gasteiger charge is 2.67. The van der Waals surface area contributed by atoms with E-state index in [0.717, 1.165) is 78.2 Å². The smallest absolute Gasteiger partial charge is 0.264 e. The number of nitrogens with zero attached hydrogens (tertiary/aromatic N) is 5. The number of nitrogens with one attached hydrogen (secondary N) is 4. The number of carbonyl (C=O) groups excluding carboxylic acids is 5. The molecule has 0 spiro atoms. The van der Waals surface area contributed by atoms with Crippen LogP contribution in [0.4, 0.5) is 17.1 Å². The van der Waals surface area contributed by atoms with Crippen molar-refractivity contribution in [3.63, 3.8) is 0 Å². The second-order valence-electron chi connectivity index (χ2n) is 26.2. The third-order valence-electron chi connectivity index (χ3n) is 19.0. The number of ether oxygens (including phenoxy) is 2. The van der Waals surface area contributed by atoms with E-state index in [9.17, 15) is 32.4 Å². The van der Waals surface area contributed by atoms with Crippen LogP contribution < -0.4 is 25.6 Å². The van der Waals surface area contributed by atoms with Crippen LogP contribution in [-0.2, 0) is 29.1 Å². The van der Waals surface area contributed by atoms with Gasteiger partial charge in [0.1, 0.15) is 12.6 Å². The summed E-state index contributed by atoms with van der Waals surface area (Å²) < 4.78 is 41.2. The minimum atomic E-state index is -4.18. The molecule has 4 aliphatic heterocycles. The first-order valence-electron chi connectivity index (χ1n) is 31.0. The summed E-state index contributed by atoms with van der Waals surface area (Å²) in [5.41, 5.74) is 9.40. The fourth-order valence-electron chi connectivity index (χ4n) is 14.3. The number of hydrogen-bond acceptors (Lipinski definition) is 15. The number of imide groups is 1. The Hall–Kier alpha value is -6.55. The molecule has 8 aliphatic rings. The lowest BCUT2D eigenvalue weighted by molar-refractivity contribution is -0.167. The fraction of sp³-hybridized carbons (Fsp3) is 0.507. The standard InChI is InChI=1S/C67H85N9O9S2/c1-46-38-53(87(82,83)71-61(78)48-15-17-51(18-16-48)74-31-29-73(30-32-74)40-49-22-24-65(3,4)39-55(49)67-43-66(5,44-67)45-67)19-20-56(46)70-50(42-86-52-10-7-6-8-11-52)23-26-72-27-33-75(34-28-72)59(77)41-85-37-36-84-35-25-68-57-13-9-12-54-60(57)64(81)76(63(54)80)58-21-14-47(2)69-62(58)79/h6-13,15-20,38,50,58,68,70H,2,14,21-37,39-45H2,1,3-5H3,(H,69,79)(H,71,78)/t50-,58?,66?,67?/m1/s1. The topological polar surface area (TPSA) is 202 Å². The zero-order chi connectivity index (χ0) is 61.1. The molecule has 20 heteroatoms. The number of piperidine rings is 1. The van der Waals surface area contributed by atoms with Crippen LogP contribution in [0.25, 0.3) is 0 Å². The van der Waals surface area contributed by atoms with E-state index >= 15 is 0 Å². The Morgan fingerprint density at radius 1 is 0.805 bits per heavy atom. The zero-order valence-electron chi connectivity index (χ0n) is 50.9. The number of aryl methyl sites for hydroxylation is 1. The van der Waals surface area contributed by atoms with Gasteiger partial charge in [-0.2, -0.15) is 0 Å². The van der Waals surface area contributed by atoms with Crippen LogP contribution in [0.1, 0.15) is 115 Å². The Kier molecular flexibility index (Phi) is 18.7. The molecule has 3 saturated carbocycles. The van der Waals surface area contributed by atoms with Crippen LogP contribution >= 0.6 is 11.8 Å². The molecule has 464 valence electrons. The number of rotatable bonds is 25. The molecule has 12 rings (SSSR count). The number of thioether (sulfide) groups is 1. The summed E-state index contributed by atoms with van der Waals surface area (Å²) in [5.74, 6) is -1.41. The van der Waals surface area contributed by atoms with Gasteiger partial charge in [-0.15, -0.1) is 11.8 Å². The molecular weight excluding hydrogens is 1140 g/mol. The van der Waals surface area contributed by atoms with Gasteiger partial charge in [-0.25, -0.2) is 13.1 Å². The Morgan fingerprint density at radius 3 is 2.24 bits per heavy atom. The van der Waals surface area contributed by atoms with Crippen molar-refractivity contribution in [3.8, 4) is 0 Å². The van der Waals surface area contributed by atoms with Crippen molar-refractivity contribution in [2.24, 2.45) is 16.2 Å². The van der Waals surface area contributed by atoms with Crippen LogP contribution in [0.3, 0.4) is 0 Å². The van der Waals surface area contributed by atoms with Gasteiger partial charge in [0.2, 0.25) is 11.8 Å². The molecule has 4 N–H and O–H groups in total. The average molecular weight is 1220 g/mol. The second kappa shape index (κ2) is 26.3. The van der Waals surface area contributed by atoms with Gasteiger partial charge >= 0.3 is 0 Å². The minimum Gasteiger partial charge on any atom is -0.382 e. The lowest BCUT2D eigenvalue weighted by Crippen LogP contribution is -2.61. The number of fused-ring (bicyclic) bond motifs is 1. The van der Waals surface area contributed by atoms with Crippen molar-refractivity contribution >= 4 is 68.4 Å². The molecule has 5 amide bonds. The normalized spacial score (nSPS) is 23.4. The van der Waals surface area contributed by atoms with Crippen molar-refractivity contribution in [3.05, 3.63) is 137 Å². The van der Waals surface area contributed by atoms with E-state index < -0.39 is 39.7 Å². The first-order chi connectivity index (χ1) is 41.7. The van der Waals surface area contributed by atoms with Crippen LogP contribution in [0, 0.1) is 23.2 Å².